The maximum Gasteiger partial charge on any atom is 0.316 e. The molecule has 1 aliphatic carbocycles. The third kappa shape index (κ3) is 10.0. The van der Waals surface area contributed by atoms with Gasteiger partial charge in [0.05, 0.1) is 49.3 Å². The molecule has 1 spiro atoms. The van der Waals surface area contributed by atoms with E-state index in [4.69, 9.17) is 52.1 Å². The molecule has 0 aromatic carbocycles. The summed E-state index contributed by atoms with van der Waals surface area (Å²) in [6, 6.07) is 0. The van der Waals surface area contributed by atoms with Crippen LogP contribution in [0.4, 0.5) is 0 Å². The minimum Gasteiger partial charge on any atom is -0.462 e. The lowest BCUT2D eigenvalue weighted by molar-refractivity contribution is -0.318. The Kier molecular flexibility index (Phi) is 15.7. The molecule has 6 aliphatic heterocycles. The van der Waals surface area contributed by atoms with Crippen LogP contribution in [0.25, 0.3) is 0 Å². The number of rotatable bonds is 9. The summed E-state index contributed by atoms with van der Waals surface area (Å²) in [4.78, 5) is 14.5. The van der Waals surface area contributed by atoms with Crippen molar-refractivity contribution in [3.8, 4) is 0 Å². The molecule has 4 saturated heterocycles. The Morgan fingerprint density at radius 2 is 1.57 bits per heavy atom. The van der Waals surface area contributed by atoms with Gasteiger partial charge in [0, 0.05) is 58.8 Å². The van der Waals surface area contributed by atoms with Gasteiger partial charge >= 0.3 is 5.97 Å². The molecule has 7 aliphatic rings. The first-order valence-corrected chi connectivity index (χ1v) is 23.2. The van der Waals surface area contributed by atoms with Crippen molar-refractivity contribution < 1.29 is 67.1 Å². The van der Waals surface area contributed by atoms with Gasteiger partial charge in [-0.05, 0) is 62.8 Å². The molecule has 2 bridgehead atoms. The predicted octanol–water partition coefficient (Wildman–Crippen LogP) is 6.03. The molecule has 0 aromatic rings. The molecule has 4 fully saturated rings. The van der Waals surface area contributed by atoms with Crippen molar-refractivity contribution in [1.82, 2.24) is 0 Å². The van der Waals surface area contributed by atoms with Crippen LogP contribution in [-0.2, 0) is 56.9 Å². The average Bonchev–Trinajstić information content (AvgIpc) is 3.59. The molecule has 8 unspecified atom stereocenters. The first-order chi connectivity index (χ1) is 30.0. The molecule has 6 heterocycles. The van der Waals surface area contributed by atoms with E-state index >= 15 is 0 Å². The van der Waals surface area contributed by atoms with Crippen LogP contribution >= 0.6 is 0 Å². The molecule has 2 N–H and O–H groups in total. The lowest BCUT2D eigenvalue weighted by Gasteiger charge is -2.48. The van der Waals surface area contributed by atoms with Gasteiger partial charge in [0.2, 0.25) is 0 Å². The number of fused-ring (bicyclic) bond motifs is 2. The number of aliphatic hydroxyl groups excluding tert-OH is 1. The molecule has 354 valence electrons. The molecule has 0 saturated carbocycles. The maximum absolute atomic E-state index is 14.5. The van der Waals surface area contributed by atoms with E-state index in [1.807, 2.05) is 38.2 Å². The third-order valence-corrected chi connectivity index (χ3v) is 14.7. The van der Waals surface area contributed by atoms with Crippen molar-refractivity contribution in [3.05, 3.63) is 59.3 Å². The average molecular weight is 887 g/mol. The van der Waals surface area contributed by atoms with Crippen LogP contribution in [0.5, 0.6) is 0 Å². The smallest absolute Gasteiger partial charge is 0.316 e. The Morgan fingerprint density at radius 1 is 0.857 bits per heavy atom. The number of methoxy groups -OCH3 is 3. The summed E-state index contributed by atoms with van der Waals surface area (Å²) in [7, 11) is 4.82. The van der Waals surface area contributed by atoms with Gasteiger partial charge in [-0.2, -0.15) is 0 Å². The molecule has 63 heavy (non-hydrogen) atoms. The summed E-state index contributed by atoms with van der Waals surface area (Å²) >= 11 is 0. The van der Waals surface area contributed by atoms with Crippen molar-refractivity contribution in [2.24, 2.45) is 23.7 Å². The van der Waals surface area contributed by atoms with E-state index in [1.165, 1.54) is 0 Å². The number of esters is 1. The minimum absolute atomic E-state index is 0.0805. The van der Waals surface area contributed by atoms with Crippen molar-refractivity contribution in [3.63, 3.8) is 0 Å². The lowest BCUT2D eigenvalue weighted by Crippen LogP contribution is -2.58. The number of carbonyl (C=O) groups is 1. The topological polar surface area (TPSA) is 159 Å². The molecule has 7 rings (SSSR count). The Hall–Kier alpha value is -2.31. The molecular formula is C49H74O14. The summed E-state index contributed by atoms with van der Waals surface area (Å²) in [6.07, 6.45) is 9.95. The van der Waals surface area contributed by atoms with Gasteiger partial charge in [0.15, 0.2) is 18.4 Å². The highest BCUT2D eigenvalue weighted by Crippen LogP contribution is 2.48. The summed E-state index contributed by atoms with van der Waals surface area (Å²) in [5.41, 5.74) is 0.626. The number of hydrogen-bond acceptors (Lipinski definition) is 14. The summed E-state index contributed by atoms with van der Waals surface area (Å²) < 4.78 is 70.0. The Morgan fingerprint density at radius 3 is 2.29 bits per heavy atom. The van der Waals surface area contributed by atoms with Gasteiger partial charge in [-0.15, -0.1) is 0 Å². The number of carbonyl (C=O) groups excluding carboxylic acids is 1. The molecule has 14 heteroatoms. The van der Waals surface area contributed by atoms with Gasteiger partial charge in [-0.1, -0.05) is 70.6 Å². The fourth-order valence-corrected chi connectivity index (χ4v) is 10.9. The molecule has 20 atom stereocenters. The van der Waals surface area contributed by atoms with Gasteiger partial charge in [0.25, 0.3) is 0 Å². The number of hydrogen-bond donors (Lipinski definition) is 2. The predicted molar refractivity (Wildman–Crippen MR) is 232 cm³/mol. The molecule has 14 nitrogen and oxygen atoms in total. The van der Waals surface area contributed by atoms with E-state index in [0.717, 1.165) is 17.6 Å². The number of allylic oxidation sites excluding steroid dienone is 2. The second-order valence-corrected chi connectivity index (χ2v) is 19.2. The van der Waals surface area contributed by atoms with E-state index < -0.39 is 90.8 Å². The highest BCUT2D eigenvalue weighted by Gasteiger charge is 2.60. The van der Waals surface area contributed by atoms with Crippen LogP contribution < -0.4 is 0 Å². The first-order valence-electron chi connectivity index (χ1n) is 23.2. The second-order valence-electron chi connectivity index (χ2n) is 19.2. The van der Waals surface area contributed by atoms with Gasteiger partial charge in [0.1, 0.15) is 42.0 Å². The third-order valence-electron chi connectivity index (χ3n) is 14.7. The Bertz CT molecular complexity index is 1740. The Labute approximate surface area is 374 Å². The fourth-order valence-electron chi connectivity index (χ4n) is 10.9. The van der Waals surface area contributed by atoms with E-state index in [1.54, 1.807) is 34.3 Å². The monoisotopic (exact) mass is 887 g/mol. The number of ether oxygens (including phenoxy) is 11. The van der Waals surface area contributed by atoms with Crippen LogP contribution in [0.1, 0.15) is 93.9 Å². The molecular weight excluding hydrogens is 813 g/mol. The minimum atomic E-state index is -1.71. The zero-order valence-electron chi connectivity index (χ0n) is 39.2. The maximum atomic E-state index is 14.5. The standard InChI is InChI=1S/C49H74O14/c1-12-26(2)43-29(5)18-19-48(63-43)24-35-21-34(62-48)17-16-28(4)42(60-40-23-38(54-10)45(32(8)58-40)61-39-22-37(53-9)41(50)31(7)57-39)27(3)14-13-15-33-25-56-46-44(55-11)30(6)20-36(47(51)59-35)49(33,46)52/h13-16,18-20,26-27,29,31-32,34-46,50,52H,12,17,21-25H2,1-11H3/b14-13+,28-16-,33-15-/t26-,27-,29-,31?,32?,34+,35+,36-,37?,38?,39?,40?,41?,42-,43+,44+,45?,46-,48+,49-/m0/s1. The van der Waals surface area contributed by atoms with Crippen LogP contribution in [-0.4, -0.2) is 141 Å². The highest BCUT2D eigenvalue weighted by atomic mass is 16.7. The zero-order chi connectivity index (χ0) is 45.4. The normalized spacial score (nSPS) is 48.6. The largest absolute Gasteiger partial charge is 0.462 e. The van der Waals surface area contributed by atoms with E-state index in [2.05, 4.69) is 46.8 Å². The summed E-state index contributed by atoms with van der Waals surface area (Å²) in [5, 5.41) is 23.2. The molecule has 0 aromatic heterocycles. The van der Waals surface area contributed by atoms with Crippen LogP contribution in [0.2, 0.25) is 0 Å². The van der Waals surface area contributed by atoms with Crippen molar-refractivity contribution in [2.45, 2.75) is 191 Å². The fraction of sp³-hybridized carbons (Fsp3) is 0.776. The Balaban J connectivity index is 1.19. The summed E-state index contributed by atoms with van der Waals surface area (Å²) in [6.45, 7) is 16.4. The van der Waals surface area contributed by atoms with Crippen LogP contribution in [0.15, 0.2) is 59.3 Å². The first kappa shape index (κ1) is 48.6. The molecule has 0 amide bonds. The van der Waals surface area contributed by atoms with Crippen LogP contribution in [0.3, 0.4) is 0 Å². The van der Waals surface area contributed by atoms with E-state index in [-0.39, 0.29) is 42.7 Å². The molecule has 0 radical (unpaired) electrons. The van der Waals surface area contributed by atoms with Gasteiger partial charge < -0.3 is 62.3 Å². The van der Waals surface area contributed by atoms with E-state index in [9.17, 15) is 15.0 Å². The zero-order valence-corrected chi connectivity index (χ0v) is 39.2. The second kappa shape index (κ2) is 20.3. The van der Waals surface area contributed by atoms with Crippen molar-refractivity contribution in [1.29, 1.82) is 0 Å². The van der Waals surface area contributed by atoms with Crippen molar-refractivity contribution in [2.75, 3.05) is 27.9 Å². The van der Waals surface area contributed by atoms with Gasteiger partial charge in [-0.25, -0.2) is 0 Å². The SMILES string of the molecule is CC[C@H](C)[C@H]1O[C@]2(C=C[C@@H]1C)C[C@H]1C[C@@H](C/C=C(/C)[C@@H](OC3CC(OC)C(OC4CC(OC)C(O)C(C)O4)C(C)O3)[C@@H](C)/C=C/C=C3/CO[C@H]4[C@H](OC)C(C)=C[C@@H](C(=O)O1)[C@@]34O)O2. The van der Waals surface area contributed by atoms with Gasteiger partial charge in [-0.3, -0.25) is 4.79 Å². The number of aliphatic hydroxyl groups is 2. The lowest BCUT2D eigenvalue weighted by atomic mass is 9.70. The highest BCUT2D eigenvalue weighted by molar-refractivity contribution is 5.78. The summed E-state index contributed by atoms with van der Waals surface area (Å²) in [5.74, 6) is -2.35. The van der Waals surface area contributed by atoms with Crippen molar-refractivity contribution >= 4 is 5.97 Å². The van der Waals surface area contributed by atoms with E-state index in [0.29, 0.717) is 37.7 Å². The quantitative estimate of drug-likeness (QED) is 0.204. The van der Waals surface area contributed by atoms with Crippen LogP contribution in [0, 0.1) is 23.7 Å².